The summed E-state index contributed by atoms with van der Waals surface area (Å²) in [5, 5.41) is 3.28. The summed E-state index contributed by atoms with van der Waals surface area (Å²) in [7, 11) is 0. The lowest BCUT2D eigenvalue weighted by atomic mass is 10.1. The number of fused-ring (bicyclic) bond motifs is 1. The third-order valence-corrected chi connectivity index (χ3v) is 4.34. The average Bonchev–Trinajstić information content (AvgIpc) is 3.02. The molecule has 2 aliphatic heterocycles. The number of nitrogens with zero attached hydrogens (tertiary/aromatic N) is 1. The predicted octanol–water partition coefficient (Wildman–Crippen LogP) is 3.96. The van der Waals surface area contributed by atoms with E-state index in [1.165, 1.54) is 6.92 Å². The van der Waals surface area contributed by atoms with E-state index in [4.69, 9.17) is 21.1 Å². The van der Waals surface area contributed by atoms with Crippen molar-refractivity contribution in [1.29, 1.82) is 0 Å². The monoisotopic (exact) mass is 394 g/mol. The molecule has 7 heteroatoms. The number of aliphatic imine (C=N–C) groups is 1. The molecule has 0 unspecified atom stereocenters. The van der Waals surface area contributed by atoms with Gasteiger partial charge in [-0.05, 0) is 60.2 Å². The number of rotatable bonds is 3. The van der Waals surface area contributed by atoms with Gasteiger partial charge in [0.25, 0.3) is 0 Å². The lowest BCUT2D eigenvalue weighted by Gasteiger charge is -2.16. The molecule has 28 heavy (non-hydrogen) atoms. The first-order valence-corrected chi connectivity index (χ1v) is 8.89. The van der Waals surface area contributed by atoms with Gasteiger partial charge in [0.1, 0.15) is 12.4 Å². The number of benzene rings is 2. The van der Waals surface area contributed by atoms with Crippen molar-refractivity contribution in [3.05, 3.63) is 76.0 Å². The Morgan fingerprint density at radius 1 is 1.21 bits per heavy atom. The molecule has 0 fully saturated rings. The lowest BCUT2D eigenvalue weighted by molar-refractivity contribution is -0.130. The van der Waals surface area contributed by atoms with Crippen molar-refractivity contribution >= 4 is 41.1 Å². The van der Waals surface area contributed by atoms with Gasteiger partial charge in [-0.25, -0.2) is 9.79 Å². The molecule has 1 amide bonds. The average molecular weight is 395 g/mol. The van der Waals surface area contributed by atoms with Gasteiger partial charge in [0.05, 0.1) is 0 Å². The first-order valence-electron chi connectivity index (χ1n) is 8.51. The van der Waals surface area contributed by atoms with E-state index in [2.05, 4.69) is 10.3 Å². The van der Waals surface area contributed by atoms with E-state index >= 15 is 0 Å². The van der Waals surface area contributed by atoms with Crippen LogP contribution in [-0.2, 0) is 14.3 Å². The zero-order valence-electron chi connectivity index (χ0n) is 14.9. The van der Waals surface area contributed by atoms with Crippen LogP contribution in [0.2, 0.25) is 5.02 Å². The minimum Gasteiger partial charge on any atom is -0.488 e. The van der Waals surface area contributed by atoms with Gasteiger partial charge in [-0.3, -0.25) is 4.79 Å². The molecule has 0 saturated carbocycles. The minimum atomic E-state index is -0.529. The van der Waals surface area contributed by atoms with Gasteiger partial charge < -0.3 is 14.8 Å². The van der Waals surface area contributed by atoms with Gasteiger partial charge in [0.15, 0.2) is 5.70 Å². The smallest absolute Gasteiger partial charge is 0.363 e. The van der Waals surface area contributed by atoms with E-state index in [1.807, 2.05) is 12.1 Å². The summed E-state index contributed by atoms with van der Waals surface area (Å²) in [5.41, 5.74) is 3.11. The van der Waals surface area contributed by atoms with Crippen molar-refractivity contribution in [3.8, 4) is 5.75 Å². The highest BCUT2D eigenvalue weighted by atomic mass is 35.5. The summed E-state index contributed by atoms with van der Waals surface area (Å²) < 4.78 is 11.0. The normalized spacial score (nSPS) is 16.6. The molecule has 140 valence electrons. The standard InChI is InChI=1S/C21H15ClN2O4/c1-12(25)23-17-5-2-14(3-6-17)20-24-18(21(26)28-20)9-13-8-15-10-16(22)4-7-19(15)27-11-13/h2-10H,11H2,1H3,(H,23,25)/b18-9-. The topological polar surface area (TPSA) is 77.0 Å². The maximum Gasteiger partial charge on any atom is 0.363 e. The van der Waals surface area contributed by atoms with Crippen LogP contribution < -0.4 is 10.1 Å². The van der Waals surface area contributed by atoms with Crippen LogP contribution in [0.15, 0.2) is 64.8 Å². The number of amides is 1. The molecule has 0 radical (unpaired) electrons. The number of carbonyl (C=O) groups excluding carboxylic acids is 2. The Labute approximate surface area is 166 Å². The highest BCUT2D eigenvalue weighted by molar-refractivity contribution is 6.30. The lowest BCUT2D eigenvalue weighted by Crippen LogP contribution is -2.08. The molecule has 0 bridgehead atoms. The number of carbonyl (C=O) groups is 2. The maximum absolute atomic E-state index is 12.2. The first kappa shape index (κ1) is 18.0. The molecule has 0 saturated heterocycles. The highest BCUT2D eigenvalue weighted by Gasteiger charge is 2.25. The summed E-state index contributed by atoms with van der Waals surface area (Å²) in [4.78, 5) is 27.6. The molecule has 0 atom stereocenters. The third kappa shape index (κ3) is 3.82. The molecule has 0 spiro atoms. The van der Waals surface area contributed by atoms with Crippen molar-refractivity contribution < 1.29 is 19.1 Å². The van der Waals surface area contributed by atoms with E-state index in [0.29, 0.717) is 22.9 Å². The van der Waals surface area contributed by atoms with Crippen molar-refractivity contribution in [3.63, 3.8) is 0 Å². The zero-order valence-corrected chi connectivity index (χ0v) is 15.6. The van der Waals surface area contributed by atoms with Crippen LogP contribution in [0.3, 0.4) is 0 Å². The second-order valence-corrected chi connectivity index (χ2v) is 6.72. The largest absolute Gasteiger partial charge is 0.488 e. The Bertz CT molecular complexity index is 1070. The summed E-state index contributed by atoms with van der Waals surface area (Å²) >= 11 is 6.02. The molecule has 2 heterocycles. The Morgan fingerprint density at radius 3 is 2.75 bits per heavy atom. The molecule has 6 nitrogen and oxygen atoms in total. The van der Waals surface area contributed by atoms with E-state index in [9.17, 15) is 9.59 Å². The second-order valence-electron chi connectivity index (χ2n) is 6.28. The minimum absolute atomic E-state index is 0.159. The SMILES string of the molecule is CC(=O)Nc1ccc(C2=N/C(=C\C3=Cc4cc(Cl)ccc4OC3)C(=O)O2)cc1. The van der Waals surface area contributed by atoms with Crippen LogP contribution in [-0.4, -0.2) is 24.4 Å². The Kier molecular flexibility index (Phi) is 4.71. The van der Waals surface area contributed by atoms with E-state index in [1.54, 1.807) is 42.5 Å². The number of ether oxygens (including phenoxy) is 2. The van der Waals surface area contributed by atoms with Crippen LogP contribution in [0.5, 0.6) is 5.75 Å². The number of nitrogens with one attached hydrogen (secondary N) is 1. The predicted molar refractivity (Wildman–Crippen MR) is 106 cm³/mol. The summed E-state index contributed by atoms with van der Waals surface area (Å²) in [6.07, 6.45) is 3.55. The highest BCUT2D eigenvalue weighted by Crippen LogP contribution is 2.30. The molecular weight excluding hydrogens is 380 g/mol. The van der Waals surface area contributed by atoms with Crippen molar-refractivity contribution in [2.45, 2.75) is 6.92 Å². The van der Waals surface area contributed by atoms with Gasteiger partial charge in [-0.15, -0.1) is 0 Å². The summed E-state index contributed by atoms with van der Waals surface area (Å²) in [6, 6.07) is 12.2. The molecule has 0 aliphatic carbocycles. The fourth-order valence-corrected chi connectivity index (χ4v) is 3.04. The Morgan fingerprint density at radius 2 is 2.00 bits per heavy atom. The quantitative estimate of drug-likeness (QED) is 0.631. The van der Waals surface area contributed by atoms with Crippen LogP contribution in [0.25, 0.3) is 6.08 Å². The molecule has 1 N–H and O–H groups in total. The van der Waals surface area contributed by atoms with Crippen molar-refractivity contribution in [1.82, 2.24) is 0 Å². The number of cyclic esters (lactones) is 1. The van der Waals surface area contributed by atoms with Gasteiger partial charge in [-0.1, -0.05) is 11.6 Å². The third-order valence-electron chi connectivity index (χ3n) is 4.10. The summed E-state index contributed by atoms with van der Waals surface area (Å²) in [5.74, 6) is 0.266. The zero-order chi connectivity index (χ0) is 19.7. The van der Waals surface area contributed by atoms with Crippen LogP contribution in [0.4, 0.5) is 5.69 Å². The van der Waals surface area contributed by atoms with Crippen LogP contribution in [0, 0.1) is 0 Å². The number of hydrogen-bond acceptors (Lipinski definition) is 5. The van der Waals surface area contributed by atoms with E-state index < -0.39 is 5.97 Å². The Balaban J connectivity index is 1.58. The van der Waals surface area contributed by atoms with E-state index in [0.717, 1.165) is 16.9 Å². The number of halogens is 1. The van der Waals surface area contributed by atoms with Gasteiger partial charge in [0, 0.05) is 28.8 Å². The molecular formula is C21H15ClN2O4. The second kappa shape index (κ2) is 7.32. The molecule has 2 aliphatic rings. The van der Waals surface area contributed by atoms with Gasteiger partial charge >= 0.3 is 5.97 Å². The first-order chi connectivity index (χ1) is 13.5. The van der Waals surface area contributed by atoms with Crippen molar-refractivity contribution in [2.75, 3.05) is 11.9 Å². The van der Waals surface area contributed by atoms with Crippen molar-refractivity contribution in [2.24, 2.45) is 4.99 Å². The molecule has 2 aromatic rings. The van der Waals surface area contributed by atoms with E-state index in [-0.39, 0.29) is 17.5 Å². The molecule has 0 aromatic heterocycles. The van der Waals surface area contributed by atoms with Crippen LogP contribution >= 0.6 is 11.6 Å². The van der Waals surface area contributed by atoms with Gasteiger partial charge in [-0.2, -0.15) is 0 Å². The maximum atomic E-state index is 12.2. The molecule has 4 rings (SSSR count). The van der Waals surface area contributed by atoms with Gasteiger partial charge in [0.2, 0.25) is 11.8 Å². The summed E-state index contributed by atoms with van der Waals surface area (Å²) in [6.45, 7) is 1.76. The molecule has 2 aromatic carbocycles. The Hall–Kier alpha value is -3.38. The fraction of sp³-hybridized carbons (Fsp3) is 0.0952. The fourth-order valence-electron chi connectivity index (χ4n) is 2.86. The number of esters is 1. The number of anilines is 1. The number of hydrogen-bond donors (Lipinski definition) is 1. The van der Waals surface area contributed by atoms with Crippen LogP contribution in [0.1, 0.15) is 18.1 Å².